The molecular formula is C10H15N3O2. The van der Waals surface area contributed by atoms with Crippen LogP contribution in [0.3, 0.4) is 0 Å². The Labute approximate surface area is 88.8 Å². The Morgan fingerprint density at radius 1 is 1.60 bits per heavy atom. The Bertz CT molecular complexity index is 296. The lowest BCUT2D eigenvalue weighted by molar-refractivity contribution is -0.128. The Morgan fingerprint density at radius 2 is 2.33 bits per heavy atom. The van der Waals surface area contributed by atoms with Crippen molar-refractivity contribution in [3.8, 4) is 6.07 Å². The monoisotopic (exact) mass is 209 g/mol. The number of hydrogen-bond donors (Lipinski definition) is 1. The lowest BCUT2D eigenvalue weighted by Crippen LogP contribution is -2.29. The van der Waals surface area contributed by atoms with Crippen molar-refractivity contribution in [1.29, 1.82) is 5.26 Å². The van der Waals surface area contributed by atoms with E-state index in [4.69, 9.17) is 11.0 Å². The number of hydrogen-bond acceptors (Lipinski definition) is 3. The Kier molecular flexibility index (Phi) is 4.10. The van der Waals surface area contributed by atoms with E-state index in [1.54, 1.807) is 4.90 Å². The van der Waals surface area contributed by atoms with Crippen LogP contribution in [-0.4, -0.2) is 29.8 Å². The first-order chi connectivity index (χ1) is 7.15. The van der Waals surface area contributed by atoms with E-state index in [1.807, 2.05) is 0 Å². The highest BCUT2D eigenvalue weighted by Crippen LogP contribution is 2.17. The van der Waals surface area contributed by atoms with Crippen LogP contribution in [0.2, 0.25) is 0 Å². The molecule has 15 heavy (non-hydrogen) atoms. The van der Waals surface area contributed by atoms with Crippen molar-refractivity contribution in [2.45, 2.75) is 25.7 Å². The summed E-state index contributed by atoms with van der Waals surface area (Å²) < 4.78 is 0. The molecule has 5 heteroatoms. The Balaban J connectivity index is 2.29. The van der Waals surface area contributed by atoms with Crippen LogP contribution in [0.25, 0.3) is 0 Å². The minimum atomic E-state index is -0.400. The van der Waals surface area contributed by atoms with E-state index < -0.39 is 5.91 Å². The van der Waals surface area contributed by atoms with Gasteiger partial charge in [-0.25, -0.2) is 0 Å². The van der Waals surface area contributed by atoms with Gasteiger partial charge < -0.3 is 10.6 Å². The second-order valence-corrected chi connectivity index (χ2v) is 3.76. The molecule has 2 N–H and O–H groups in total. The maximum Gasteiger partial charge on any atom is 0.223 e. The number of nitriles is 1. The summed E-state index contributed by atoms with van der Waals surface area (Å²) in [4.78, 5) is 23.9. The maximum atomic E-state index is 11.4. The molecule has 0 radical (unpaired) electrons. The smallest absolute Gasteiger partial charge is 0.223 e. The highest BCUT2D eigenvalue weighted by molar-refractivity contribution is 5.88. The number of unbranched alkanes of at least 4 members (excludes halogenated alkanes) is 2. The second-order valence-electron chi connectivity index (χ2n) is 3.76. The van der Waals surface area contributed by atoms with Crippen molar-refractivity contribution in [3.05, 3.63) is 0 Å². The van der Waals surface area contributed by atoms with Gasteiger partial charge in [-0.15, -0.1) is 0 Å². The van der Waals surface area contributed by atoms with Crippen LogP contribution in [0, 0.1) is 17.2 Å². The minimum Gasteiger partial charge on any atom is -0.369 e. The first-order valence-corrected chi connectivity index (χ1v) is 5.09. The molecule has 5 nitrogen and oxygen atoms in total. The topological polar surface area (TPSA) is 87.2 Å². The van der Waals surface area contributed by atoms with Gasteiger partial charge in [-0.05, 0) is 12.8 Å². The molecule has 1 atom stereocenters. The molecule has 0 aromatic heterocycles. The Hall–Kier alpha value is -1.57. The molecule has 1 aliphatic heterocycles. The summed E-state index contributed by atoms with van der Waals surface area (Å²) in [5, 5.41) is 8.33. The second kappa shape index (κ2) is 5.35. The number of amides is 2. The van der Waals surface area contributed by atoms with Crippen LogP contribution < -0.4 is 5.73 Å². The highest BCUT2D eigenvalue weighted by Gasteiger charge is 2.32. The van der Waals surface area contributed by atoms with Crippen LogP contribution in [0.1, 0.15) is 25.7 Å². The van der Waals surface area contributed by atoms with Gasteiger partial charge in [-0.1, -0.05) is 0 Å². The first-order valence-electron chi connectivity index (χ1n) is 5.09. The van der Waals surface area contributed by atoms with Crippen LogP contribution in [0.4, 0.5) is 0 Å². The number of nitrogens with zero attached hydrogens (tertiary/aromatic N) is 2. The van der Waals surface area contributed by atoms with E-state index in [9.17, 15) is 9.59 Å². The van der Waals surface area contributed by atoms with Gasteiger partial charge in [0.1, 0.15) is 0 Å². The summed E-state index contributed by atoms with van der Waals surface area (Å²) in [5.41, 5.74) is 5.14. The van der Waals surface area contributed by atoms with Gasteiger partial charge in [0.05, 0.1) is 12.0 Å². The number of rotatable bonds is 5. The summed E-state index contributed by atoms with van der Waals surface area (Å²) >= 11 is 0. The van der Waals surface area contributed by atoms with Crippen LogP contribution in [-0.2, 0) is 9.59 Å². The molecule has 1 heterocycles. The number of carbonyl (C=O) groups excluding carboxylic acids is 2. The largest absolute Gasteiger partial charge is 0.369 e. The molecule has 1 aliphatic rings. The molecule has 0 aromatic carbocycles. The molecule has 1 rings (SSSR count). The number of likely N-dealkylation sites (tertiary alicyclic amines) is 1. The van der Waals surface area contributed by atoms with Crippen molar-refractivity contribution >= 4 is 11.8 Å². The zero-order valence-electron chi connectivity index (χ0n) is 8.61. The summed E-state index contributed by atoms with van der Waals surface area (Å²) in [6.07, 6.45) is 2.36. The van der Waals surface area contributed by atoms with Gasteiger partial charge >= 0.3 is 0 Å². The predicted octanol–water partition coefficient (Wildman–Crippen LogP) is 0.0141. The molecule has 1 unspecified atom stereocenters. The SMILES string of the molecule is N#CCCCCN1CC(C(N)=O)CC1=O. The summed E-state index contributed by atoms with van der Waals surface area (Å²) in [5.74, 6) is -0.730. The molecule has 1 saturated heterocycles. The summed E-state index contributed by atoms with van der Waals surface area (Å²) in [7, 11) is 0. The fourth-order valence-corrected chi connectivity index (χ4v) is 1.69. The summed E-state index contributed by atoms with van der Waals surface area (Å²) in [6.45, 7) is 1.07. The number of nitrogens with two attached hydrogens (primary N) is 1. The van der Waals surface area contributed by atoms with Gasteiger partial charge in [0, 0.05) is 25.9 Å². The quantitative estimate of drug-likeness (QED) is 0.647. The Morgan fingerprint density at radius 3 is 2.87 bits per heavy atom. The van der Waals surface area contributed by atoms with Crippen LogP contribution >= 0.6 is 0 Å². The molecule has 1 fully saturated rings. The zero-order chi connectivity index (χ0) is 11.3. The number of primary amides is 1. The third-order valence-corrected chi connectivity index (χ3v) is 2.58. The standard InChI is InChI=1S/C10H15N3O2/c11-4-2-1-3-5-13-7-8(10(12)15)6-9(13)14/h8H,1-3,5-7H2,(H2,12,15). The van der Waals surface area contributed by atoms with Gasteiger partial charge in [0.2, 0.25) is 11.8 Å². The van der Waals surface area contributed by atoms with E-state index in [2.05, 4.69) is 6.07 Å². The fraction of sp³-hybridized carbons (Fsp3) is 0.700. The first kappa shape index (κ1) is 11.5. The van der Waals surface area contributed by atoms with Crippen molar-refractivity contribution in [1.82, 2.24) is 4.90 Å². The third-order valence-electron chi connectivity index (χ3n) is 2.58. The molecule has 2 amide bonds. The van der Waals surface area contributed by atoms with E-state index in [-0.39, 0.29) is 18.2 Å². The lowest BCUT2D eigenvalue weighted by atomic mass is 10.1. The van der Waals surface area contributed by atoms with E-state index >= 15 is 0 Å². The van der Waals surface area contributed by atoms with Gasteiger partial charge in [0.25, 0.3) is 0 Å². The van der Waals surface area contributed by atoms with Crippen molar-refractivity contribution < 1.29 is 9.59 Å². The molecule has 0 aromatic rings. The maximum absolute atomic E-state index is 11.4. The van der Waals surface area contributed by atoms with Gasteiger partial charge in [0.15, 0.2) is 0 Å². The molecule has 82 valence electrons. The molecule has 0 aliphatic carbocycles. The van der Waals surface area contributed by atoms with E-state index in [0.29, 0.717) is 19.5 Å². The molecule has 0 spiro atoms. The van der Waals surface area contributed by atoms with E-state index in [1.165, 1.54) is 0 Å². The highest BCUT2D eigenvalue weighted by atomic mass is 16.2. The van der Waals surface area contributed by atoms with Crippen molar-refractivity contribution in [2.75, 3.05) is 13.1 Å². The third kappa shape index (κ3) is 3.24. The fourth-order valence-electron chi connectivity index (χ4n) is 1.69. The minimum absolute atomic E-state index is 0.00393. The zero-order valence-corrected chi connectivity index (χ0v) is 8.61. The molecule has 0 saturated carbocycles. The molecular weight excluding hydrogens is 194 g/mol. The summed E-state index contributed by atoms with van der Waals surface area (Å²) in [6, 6.07) is 2.05. The number of carbonyl (C=O) groups is 2. The van der Waals surface area contributed by atoms with Crippen LogP contribution in [0.5, 0.6) is 0 Å². The van der Waals surface area contributed by atoms with Gasteiger partial charge in [-0.2, -0.15) is 5.26 Å². The predicted molar refractivity (Wildman–Crippen MR) is 53.3 cm³/mol. The van der Waals surface area contributed by atoms with Crippen molar-refractivity contribution in [3.63, 3.8) is 0 Å². The molecule has 0 bridgehead atoms. The van der Waals surface area contributed by atoms with Crippen molar-refractivity contribution in [2.24, 2.45) is 11.7 Å². The van der Waals surface area contributed by atoms with Gasteiger partial charge in [-0.3, -0.25) is 9.59 Å². The van der Waals surface area contributed by atoms with Crippen LogP contribution in [0.15, 0.2) is 0 Å². The average Bonchev–Trinajstić information content (AvgIpc) is 2.55. The normalized spacial score (nSPS) is 20.3. The average molecular weight is 209 g/mol. The van der Waals surface area contributed by atoms with E-state index in [0.717, 1.165) is 12.8 Å². The lowest BCUT2D eigenvalue weighted by Gasteiger charge is -2.15.